The van der Waals surface area contributed by atoms with Gasteiger partial charge in [-0.05, 0) is 72.6 Å². The lowest BCUT2D eigenvalue weighted by atomic mass is 9.93. The van der Waals surface area contributed by atoms with Crippen molar-refractivity contribution in [3.05, 3.63) is 72.7 Å². The van der Waals surface area contributed by atoms with Crippen molar-refractivity contribution in [1.82, 2.24) is 45.4 Å². The van der Waals surface area contributed by atoms with Crippen LogP contribution in [0.2, 0.25) is 0 Å². The van der Waals surface area contributed by atoms with Crippen LogP contribution in [0, 0.1) is 17.8 Å². The topological polar surface area (TPSA) is 190 Å². The predicted molar refractivity (Wildman–Crippen MR) is 222 cm³/mol. The minimum absolute atomic E-state index is 0.108. The highest BCUT2D eigenvalue weighted by atomic mass is 16.5. The van der Waals surface area contributed by atoms with E-state index in [2.05, 4.69) is 68.1 Å². The molecule has 5 aromatic rings. The standard InChI is InChI=1S/C44H53N9O6/c1-24(2)35(50-42(56)58-5)39(54)52-19-7-8-34(52)38-46-22-33(48-38)31-14-13-29(30-16-18-45-37(30)31)27-9-11-28(12-10-27)32-21-47-41(49-32)44-17-15-26(20-44)23-53(44)40(55)36(25(3)4)51-43(57)59-6/h9-14,16,18,21-22,24-26,34-36,45H,7-8,15,17,19-20,23H2,1-6H3,(H,46,48)(H,47,49)(H,50,56)(H,51,57). The molecule has 2 bridgehead atoms. The second-order valence-corrected chi connectivity index (χ2v) is 16.8. The summed E-state index contributed by atoms with van der Waals surface area (Å²) >= 11 is 0. The van der Waals surface area contributed by atoms with Gasteiger partial charge in [0.2, 0.25) is 11.8 Å². The summed E-state index contributed by atoms with van der Waals surface area (Å²) in [6.45, 7) is 8.87. The average molecular weight is 804 g/mol. The van der Waals surface area contributed by atoms with Gasteiger partial charge in [-0.2, -0.15) is 0 Å². The van der Waals surface area contributed by atoms with E-state index in [0.717, 1.165) is 82.5 Å². The zero-order chi connectivity index (χ0) is 41.6. The molecule has 5 heterocycles. The van der Waals surface area contributed by atoms with E-state index < -0.39 is 29.8 Å². The third-order valence-corrected chi connectivity index (χ3v) is 12.6. The number of piperidine rings is 1. The van der Waals surface area contributed by atoms with Gasteiger partial charge in [0.1, 0.15) is 29.3 Å². The zero-order valence-electron chi connectivity index (χ0n) is 34.4. The van der Waals surface area contributed by atoms with Gasteiger partial charge < -0.3 is 44.9 Å². The number of imidazole rings is 2. The number of amides is 4. The summed E-state index contributed by atoms with van der Waals surface area (Å²) in [5.41, 5.74) is 6.20. The third kappa shape index (κ3) is 7.20. The van der Waals surface area contributed by atoms with Crippen molar-refractivity contribution in [3.8, 4) is 33.6 Å². The number of alkyl carbamates (subject to hydrolysis) is 2. The predicted octanol–water partition coefficient (Wildman–Crippen LogP) is 6.88. The summed E-state index contributed by atoms with van der Waals surface area (Å²) in [6.07, 6.45) is 8.64. The van der Waals surface area contributed by atoms with Crippen molar-refractivity contribution in [2.75, 3.05) is 27.3 Å². The molecule has 5 atom stereocenters. The highest BCUT2D eigenvalue weighted by Crippen LogP contribution is 2.52. The van der Waals surface area contributed by atoms with Gasteiger partial charge in [-0.3, -0.25) is 9.59 Å². The summed E-state index contributed by atoms with van der Waals surface area (Å²) < 4.78 is 9.61. The molecule has 1 saturated carbocycles. The summed E-state index contributed by atoms with van der Waals surface area (Å²) in [4.78, 5) is 75.7. The molecule has 5 unspecified atom stereocenters. The largest absolute Gasteiger partial charge is 0.453 e. The molecule has 2 saturated heterocycles. The van der Waals surface area contributed by atoms with Crippen molar-refractivity contribution in [2.45, 2.75) is 83.5 Å². The number of aromatic nitrogens is 5. The number of likely N-dealkylation sites (tertiary alicyclic amines) is 2. The minimum atomic E-state index is -0.702. The third-order valence-electron chi connectivity index (χ3n) is 12.6. The lowest BCUT2D eigenvalue weighted by molar-refractivity contribution is -0.140. The second kappa shape index (κ2) is 15.9. The Morgan fingerprint density at radius 3 is 2.14 bits per heavy atom. The molecule has 1 aliphatic carbocycles. The number of carbonyl (C=O) groups excluding carboxylic acids is 4. The Morgan fingerprint density at radius 2 is 1.46 bits per heavy atom. The van der Waals surface area contributed by atoms with E-state index in [4.69, 9.17) is 19.4 Å². The average Bonchev–Trinajstić information content (AvgIpc) is 4.10. The number of H-pyrrole nitrogens is 3. The molecule has 2 aliphatic heterocycles. The van der Waals surface area contributed by atoms with Crippen molar-refractivity contribution in [1.29, 1.82) is 0 Å². The van der Waals surface area contributed by atoms with Crippen LogP contribution < -0.4 is 10.6 Å². The number of carbonyl (C=O) groups is 4. The lowest BCUT2D eigenvalue weighted by Gasteiger charge is -2.40. The van der Waals surface area contributed by atoms with Crippen LogP contribution in [0.15, 0.2) is 61.1 Å². The molecule has 15 heteroatoms. The highest BCUT2D eigenvalue weighted by Gasteiger charge is 2.56. The molecule has 15 nitrogen and oxygen atoms in total. The van der Waals surface area contributed by atoms with Gasteiger partial charge in [-0.15, -0.1) is 0 Å². The fourth-order valence-electron chi connectivity index (χ4n) is 9.47. The van der Waals surface area contributed by atoms with Gasteiger partial charge in [-0.1, -0.05) is 64.1 Å². The molecule has 3 aliphatic rings. The van der Waals surface area contributed by atoms with Crippen LogP contribution in [0.1, 0.15) is 77.5 Å². The lowest BCUT2D eigenvalue weighted by Crippen LogP contribution is -2.56. The van der Waals surface area contributed by atoms with E-state index in [1.165, 1.54) is 14.2 Å². The van der Waals surface area contributed by atoms with Crippen molar-refractivity contribution in [2.24, 2.45) is 17.8 Å². The Morgan fingerprint density at radius 1 is 0.797 bits per heavy atom. The van der Waals surface area contributed by atoms with E-state index in [0.29, 0.717) is 24.8 Å². The Balaban J connectivity index is 1.00. The first kappa shape index (κ1) is 39.7. The first-order valence-electron chi connectivity index (χ1n) is 20.5. The number of rotatable bonds is 11. The fraction of sp³-hybridized carbons (Fsp3) is 0.455. The van der Waals surface area contributed by atoms with Crippen LogP contribution in [0.25, 0.3) is 44.5 Å². The number of nitrogens with zero attached hydrogens (tertiary/aromatic N) is 4. The summed E-state index contributed by atoms with van der Waals surface area (Å²) in [5.74, 6) is 1.39. The van der Waals surface area contributed by atoms with E-state index in [9.17, 15) is 19.2 Å². The molecule has 0 radical (unpaired) electrons. The molecular formula is C44H53N9O6. The molecular weight excluding hydrogens is 751 g/mol. The van der Waals surface area contributed by atoms with Gasteiger partial charge in [-0.25, -0.2) is 19.6 Å². The summed E-state index contributed by atoms with van der Waals surface area (Å²) in [6, 6.07) is 13.0. The number of fused-ring (bicyclic) bond motifs is 3. The van der Waals surface area contributed by atoms with Crippen LogP contribution in [-0.2, 0) is 24.6 Å². The number of aromatic amines is 3. The number of hydrogen-bond donors (Lipinski definition) is 5. The van der Waals surface area contributed by atoms with E-state index in [-0.39, 0.29) is 29.7 Å². The Hall–Kier alpha value is -6.12. The first-order chi connectivity index (χ1) is 28.4. The summed E-state index contributed by atoms with van der Waals surface area (Å²) in [5, 5.41) is 6.52. The molecule has 0 spiro atoms. The minimum Gasteiger partial charge on any atom is -0.453 e. The number of benzene rings is 2. The van der Waals surface area contributed by atoms with Crippen LogP contribution in [-0.4, -0.2) is 98.1 Å². The van der Waals surface area contributed by atoms with Crippen LogP contribution in [0.5, 0.6) is 0 Å². The van der Waals surface area contributed by atoms with Crippen molar-refractivity contribution in [3.63, 3.8) is 0 Å². The van der Waals surface area contributed by atoms with Gasteiger partial charge in [0.25, 0.3) is 0 Å². The van der Waals surface area contributed by atoms with Crippen molar-refractivity contribution < 1.29 is 28.7 Å². The number of methoxy groups -OCH3 is 2. The number of nitrogens with one attached hydrogen (secondary N) is 5. The second-order valence-electron chi connectivity index (χ2n) is 16.8. The Labute approximate surface area is 343 Å². The maximum Gasteiger partial charge on any atom is 0.407 e. The Kier molecular flexibility index (Phi) is 10.7. The van der Waals surface area contributed by atoms with Crippen LogP contribution in [0.4, 0.5) is 9.59 Å². The molecule has 310 valence electrons. The van der Waals surface area contributed by atoms with E-state index in [1.807, 2.05) is 56.1 Å². The van der Waals surface area contributed by atoms with Gasteiger partial charge in [0.15, 0.2) is 0 Å². The van der Waals surface area contributed by atoms with Gasteiger partial charge in [0.05, 0.1) is 49.6 Å². The molecule has 3 fully saturated rings. The van der Waals surface area contributed by atoms with Gasteiger partial charge >= 0.3 is 12.2 Å². The zero-order valence-corrected chi connectivity index (χ0v) is 34.4. The number of ether oxygens (including phenoxy) is 2. The number of hydrogen-bond acceptors (Lipinski definition) is 8. The van der Waals surface area contributed by atoms with E-state index >= 15 is 0 Å². The first-order valence-corrected chi connectivity index (χ1v) is 20.5. The van der Waals surface area contributed by atoms with Crippen LogP contribution >= 0.6 is 0 Å². The van der Waals surface area contributed by atoms with Gasteiger partial charge in [0, 0.05) is 30.2 Å². The monoisotopic (exact) mass is 803 g/mol. The molecule has 8 rings (SSSR count). The molecule has 3 aromatic heterocycles. The molecule has 2 aromatic carbocycles. The highest BCUT2D eigenvalue weighted by molar-refractivity contribution is 6.02. The maximum absolute atomic E-state index is 14.0. The summed E-state index contributed by atoms with van der Waals surface area (Å²) in [7, 11) is 2.60. The molecule has 4 amide bonds. The molecule has 59 heavy (non-hydrogen) atoms. The van der Waals surface area contributed by atoms with Crippen LogP contribution in [0.3, 0.4) is 0 Å². The SMILES string of the molecule is COC(=O)NC(C(=O)N1CCCC1c1ncc(-c2ccc(-c3ccc(-c4cnc(C56CCC(CN5C(=O)C(NC(=O)OC)C(C)C)C6)[nH]4)cc3)c3cc[nH]c23)[nH]1)C(C)C. The normalized spacial score (nSPS) is 21.0. The Bertz CT molecular complexity index is 2360. The fourth-order valence-corrected chi connectivity index (χ4v) is 9.47. The quantitative estimate of drug-likeness (QED) is 0.0955. The van der Waals surface area contributed by atoms with E-state index in [1.54, 1.807) is 0 Å². The smallest absolute Gasteiger partial charge is 0.407 e. The maximum atomic E-state index is 14.0. The molecule has 5 N–H and O–H groups in total. The van der Waals surface area contributed by atoms with Crippen molar-refractivity contribution >= 4 is 34.9 Å².